The van der Waals surface area contributed by atoms with Gasteiger partial charge in [0, 0.05) is 11.3 Å². The summed E-state index contributed by atoms with van der Waals surface area (Å²) in [6.07, 6.45) is 1.84. The molecule has 2 aromatic heterocycles. The van der Waals surface area contributed by atoms with Crippen molar-refractivity contribution >= 4 is 17.2 Å². The Bertz CT molecular complexity index is 1080. The standard InChI is InChI=1S/C21H20N4O3/c1-27-18-4-2-3-15(13-18)19-9-10-21-23-20(14-25(21)24-19)22-16-5-7-17(8-6-16)28-12-11-26/h2-10,13-14,22,26H,11-12H2,1H3. The average Bonchev–Trinajstić information content (AvgIpc) is 3.14. The zero-order valence-corrected chi connectivity index (χ0v) is 15.4. The van der Waals surface area contributed by atoms with E-state index in [-0.39, 0.29) is 13.2 Å². The molecule has 0 aliphatic carbocycles. The van der Waals surface area contributed by atoms with E-state index < -0.39 is 0 Å². The average molecular weight is 376 g/mol. The van der Waals surface area contributed by atoms with Crippen molar-refractivity contribution in [3.05, 3.63) is 66.9 Å². The fraction of sp³-hybridized carbons (Fsp3) is 0.143. The second-order valence-corrected chi connectivity index (χ2v) is 6.10. The first-order valence-electron chi connectivity index (χ1n) is 8.87. The molecule has 142 valence electrons. The molecule has 28 heavy (non-hydrogen) atoms. The van der Waals surface area contributed by atoms with Crippen LogP contribution in [0, 0.1) is 0 Å². The molecule has 7 nitrogen and oxygen atoms in total. The van der Waals surface area contributed by atoms with Crippen LogP contribution in [-0.4, -0.2) is 40.0 Å². The van der Waals surface area contributed by atoms with Crippen LogP contribution in [0.1, 0.15) is 0 Å². The number of rotatable bonds is 7. The van der Waals surface area contributed by atoms with E-state index in [0.29, 0.717) is 11.6 Å². The number of aliphatic hydroxyl groups is 1. The fourth-order valence-corrected chi connectivity index (χ4v) is 2.82. The Morgan fingerprint density at radius 3 is 2.68 bits per heavy atom. The van der Waals surface area contributed by atoms with Gasteiger partial charge in [0.2, 0.25) is 0 Å². The van der Waals surface area contributed by atoms with E-state index in [0.717, 1.165) is 28.3 Å². The normalized spacial score (nSPS) is 10.8. The smallest absolute Gasteiger partial charge is 0.156 e. The number of imidazole rings is 1. The van der Waals surface area contributed by atoms with Gasteiger partial charge in [-0.15, -0.1) is 0 Å². The van der Waals surface area contributed by atoms with Crippen molar-refractivity contribution in [1.29, 1.82) is 0 Å². The molecule has 0 bridgehead atoms. The summed E-state index contributed by atoms with van der Waals surface area (Å²) in [5.41, 5.74) is 3.44. The van der Waals surface area contributed by atoms with Crippen LogP contribution < -0.4 is 14.8 Å². The van der Waals surface area contributed by atoms with Crippen LogP contribution in [0.3, 0.4) is 0 Å². The minimum Gasteiger partial charge on any atom is -0.497 e. The van der Waals surface area contributed by atoms with E-state index in [2.05, 4.69) is 15.4 Å². The number of benzene rings is 2. The van der Waals surface area contributed by atoms with Gasteiger partial charge in [-0.05, 0) is 48.5 Å². The lowest BCUT2D eigenvalue weighted by atomic mass is 10.1. The lowest BCUT2D eigenvalue weighted by Gasteiger charge is -2.06. The first kappa shape index (κ1) is 17.8. The van der Waals surface area contributed by atoms with Gasteiger partial charge in [-0.3, -0.25) is 0 Å². The van der Waals surface area contributed by atoms with Crippen LogP contribution in [0.4, 0.5) is 11.5 Å². The number of nitrogens with zero attached hydrogens (tertiary/aromatic N) is 3. The molecule has 0 saturated heterocycles. The van der Waals surface area contributed by atoms with E-state index in [1.165, 1.54) is 0 Å². The molecule has 4 rings (SSSR count). The second kappa shape index (κ2) is 7.98. The fourth-order valence-electron chi connectivity index (χ4n) is 2.82. The third-order valence-corrected chi connectivity index (χ3v) is 4.17. The second-order valence-electron chi connectivity index (χ2n) is 6.10. The molecule has 0 radical (unpaired) electrons. The lowest BCUT2D eigenvalue weighted by molar-refractivity contribution is 0.201. The topological polar surface area (TPSA) is 80.9 Å². The van der Waals surface area contributed by atoms with Crippen molar-refractivity contribution in [3.63, 3.8) is 0 Å². The number of aliphatic hydroxyl groups excluding tert-OH is 1. The van der Waals surface area contributed by atoms with Crippen LogP contribution in [-0.2, 0) is 0 Å². The molecule has 0 atom stereocenters. The third-order valence-electron chi connectivity index (χ3n) is 4.17. The number of fused-ring (bicyclic) bond motifs is 1. The maximum Gasteiger partial charge on any atom is 0.156 e. The van der Waals surface area contributed by atoms with Gasteiger partial charge >= 0.3 is 0 Å². The molecule has 2 heterocycles. The summed E-state index contributed by atoms with van der Waals surface area (Å²) in [6, 6.07) is 19.1. The highest BCUT2D eigenvalue weighted by Crippen LogP contribution is 2.24. The summed E-state index contributed by atoms with van der Waals surface area (Å²) in [6.45, 7) is 0.270. The minimum atomic E-state index is -0.00794. The summed E-state index contributed by atoms with van der Waals surface area (Å²) >= 11 is 0. The summed E-state index contributed by atoms with van der Waals surface area (Å²) in [5, 5.41) is 16.7. The van der Waals surface area contributed by atoms with Gasteiger partial charge in [-0.2, -0.15) is 5.10 Å². The molecular formula is C21H20N4O3. The molecule has 0 amide bonds. The first-order chi connectivity index (χ1) is 13.7. The molecule has 0 saturated carbocycles. The van der Waals surface area contributed by atoms with Crippen LogP contribution in [0.25, 0.3) is 16.9 Å². The molecule has 0 aliphatic rings. The molecule has 0 spiro atoms. The summed E-state index contributed by atoms with van der Waals surface area (Å²) in [7, 11) is 1.65. The molecule has 0 aliphatic heterocycles. The molecule has 0 fully saturated rings. The number of anilines is 2. The van der Waals surface area contributed by atoms with Crippen molar-refractivity contribution in [2.45, 2.75) is 0 Å². The molecule has 4 aromatic rings. The summed E-state index contributed by atoms with van der Waals surface area (Å²) in [4.78, 5) is 4.55. The van der Waals surface area contributed by atoms with Gasteiger partial charge in [0.1, 0.15) is 18.1 Å². The predicted molar refractivity (Wildman–Crippen MR) is 107 cm³/mol. The van der Waals surface area contributed by atoms with Crippen LogP contribution in [0.15, 0.2) is 66.9 Å². The monoisotopic (exact) mass is 376 g/mol. The van der Waals surface area contributed by atoms with Crippen LogP contribution in [0.5, 0.6) is 11.5 Å². The maximum absolute atomic E-state index is 8.80. The van der Waals surface area contributed by atoms with Gasteiger partial charge in [0.05, 0.1) is 25.6 Å². The summed E-state index contributed by atoms with van der Waals surface area (Å²) < 4.78 is 12.4. The zero-order chi connectivity index (χ0) is 19.3. The largest absolute Gasteiger partial charge is 0.497 e. The lowest BCUT2D eigenvalue weighted by Crippen LogP contribution is -2.01. The van der Waals surface area contributed by atoms with E-state index >= 15 is 0 Å². The van der Waals surface area contributed by atoms with Crippen molar-refractivity contribution in [2.75, 3.05) is 25.6 Å². The number of aromatic nitrogens is 3. The summed E-state index contributed by atoms with van der Waals surface area (Å²) in [5.74, 6) is 2.19. The number of nitrogens with one attached hydrogen (secondary N) is 1. The first-order valence-corrected chi connectivity index (χ1v) is 8.87. The van der Waals surface area contributed by atoms with Crippen LogP contribution >= 0.6 is 0 Å². The highest BCUT2D eigenvalue weighted by Gasteiger charge is 2.07. The Balaban J connectivity index is 1.54. The Kier molecular flexibility index (Phi) is 5.07. The Labute approximate surface area is 162 Å². The highest BCUT2D eigenvalue weighted by molar-refractivity contribution is 5.64. The zero-order valence-electron chi connectivity index (χ0n) is 15.4. The van der Waals surface area contributed by atoms with Crippen molar-refractivity contribution in [1.82, 2.24) is 14.6 Å². The van der Waals surface area contributed by atoms with Gasteiger partial charge in [0.15, 0.2) is 11.5 Å². The third kappa shape index (κ3) is 3.89. The Morgan fingerprint density at radius 1 is 1.04 bits per heavy atom. The van der Waals surface area contributed by atoms with Gasteiger partial charge < -0.3 is 19.9 Å². The minimum absolute atomic E-state index is 0.00794. The maximum atomic E-state index is 8.80. The van der Waals surface area contributed by atoms with Gasteiger partial charge in [-0.1, -0.05) is 12.1 Å². The van der Waals surface area contributed by atoms with Crippen LogP contribution in [0.2, 0.25) is 0 Å². The highest BCUT2D eigenvalue weighted by atomic mass is 16.5. The number of hydrogen-bond acceptors (Lipinski definition) is 6. The molecule has 0 unspecified atom stereocenters. The Morgan fingerprint density at radius 2 is 1.89 bits per heavy atom. The van der Waals surface area contributed by atoms with Gasteiger partial charge in [0.25, 0.3) is 0 Å². The van der Waals surface area contributed by atoms with E-state index in [4.69, 9.17) is 14.6 Å². The predicted octanol–water partition coefficient (Wildman–Crippen LogP) is 3.52. The molecular weight excluding hydrogens is 356 g/mol. The van der Waals surface area contributed by atoms with E-state index in [1.807, 2.05) is 66.9 Å². The molecule has 2 N–H and O–H groups in total. The van der Waals surface area contributed by atoms with Crippen molar-refractivity contribution in [2.24, 2.45) is 0 Å². The number of methoxy groups -OCH3 is 1. The number of ether oxygens (including phenoxy) is 2. The molecule has 2 aromatic carbocycles. The van der Waals surface area contributed by atoms with Crippen molar-refractivity contribution in [3.8, 4) is 22.8 Å². The SMILES string of the molecule is COc1cccc(-c2ccc3nc(Nc4ccc(OCCO)cc4)cn3n2)c1. The van der Waals surface area contributed by atoms with E-state index in [9.17, 15) is 0 Å². The van der Waals surface area contributed by atoms with E-state index in [1.54, 1.807) is 11.6 Å². The quantitative estimate of drug-likeness (QED) is 0.514. The molecule has 7 heteroatoms. The Hall–Kier alpha value is -3.58. The van der Waals surface area contributed by atoms with Gasteiger partial charge in [-0.25, -0.2) is 9.50 Å². The number of hydrogen-bond donors (Lipinski definition) is 2. The van der Waals surface area contributed by atoms with Crippen molar-refractivity contribution < 1.29 is 14.6 Å².